The Morgan fingerprint density at radius 2 is 1.75 bits per heavy atom. The smallest absolute Gasteiger partial charge is 0.0696 e. The first-order valence-electron chi connectivity index (χ1n) is 10.3. The van der Waals surface area contributed by atoms with Gasteiger partial charge in [0.2, 0.25) is 0 Å². The summed E-state index contributed by atoms with van der Waals surface area (Å²) < 4.78 is 0. The molecule has 0 radical (unpaired) electrons. The summed E-state index contributed by atoms with van der Waals surface area (Å²) in [5, 5.41) is 10.4. The lowest BCUT2D eigenvalue weighted by molar-refractivity contribution is 0.551. The van der Waals surface area contributed by atoms with Crippen LogP contribution in [-0.2, 0) is 5.41 Å². The molecule has 2 aromatic heterocycles. The van der Waals surface area contributed by atoms with Crippen molar-refractivity contribution in [1.29, 1.82) is 0 Å². The van der Waals surface area contributed by atoms with Gasteiger partial charge in [-0.05, 0) is 78.6 Å². The highest BCUT2D eigenvalue weighted by Gasteiger charge is 2.35. The molecular formula is C25H31N3. The summed E-state index contributed by atoms with van der Waals surface area (Å²) in [7, 11) is 0. The van der Waals surface area contributed by atoms with Crippen molar-refractivity contribution in [1.82, 2.24) is 15.2 Å². The van der Waals surface area contributed by atoms with E-state index in [1.807, 2.05) is 6.20 Å². The Bertz CT molecular complexity index is 1180. The molecule has 3 heteroatoms. The molecule has 0 bridgehead atoms. The molecule has 0 amide bonds. The fraction of sp³-hybridized carbons (Fsp3) is 0.400. The standard InChI is InChI=1S/C25H31N3/c1-8-25(7,22-15(4)9-10-20-18(22)11-12-26-20)23-17(6)16(5)21(14(2)3)19-13-27-28-24(19)23/h9-14,26H,8H2,1-7H3,(H,27,28). The quantitative estimate of drug-likeness (QED) is 0.405. The van der Waals surface area contributed by atoms with Crippen LogP contribution in [0.15, 0.2) is 30.6 Å². The molecule has 2 aromatic carbocycles. The van der Waals surface area contributed by atoms with Gasteiger partial charge >= 0.3 is 0 Å². The van der Waals surface area contributed by atoms with E-state index >= 15 is 0 Å². The van der Waals surface area contributed by atoms with Gasteiger partial charge in [0.25, 0.3) is 0 Å². The minimum absolute atomic E-state index is 0.110. The highest BCUT2D eigenvalue weighted by molar-refractivity contribution is 5.92. The number of H-pyrrole nitrogens is 2. The third kappa shape index (κ3) is 2.45. The summed E-state index contributed by atoms with van der Waals surface area (Å²) >= 11 is 0. The average molecular weight is 374 g/mol. The normalized spacial score (nSPS) is 14.3. The molecule has 4 aromatic rings. The van der Waals surface area contributed by atoms with Gasteiger partial charge in [-0.3, -0.25) is 5.10 Å². The molecule has 0 saturated carbocycles. The topological polar surface area (TPSA) is 44.5 Å². The second-order valence-electron chi connectivity index (χ2n) is 8.73. The predicted octanol–water partition coefficient (Wildman–Crippen LogP) is 6.81. The molecule has 3 nitrogen and oxygen atoms in total. The first-order valence-corrected chi connectivity index (χ1v) is 10.3. The Kier molecular flexibility index (Phi) is 4.37. The SMILES string of the molecule is CCC(C)(c1c(C)ccc2[nH]ccc12)c1c(C)c(C)c(C(C)C)c2cn[nH]c12. The van der Waals surface area contributed by atoms with Crippen LogP contribution in [0.4, 0.5) is 0 Å². The predicted molar refractivity (Wildman–Crippen MR) is 119 cm³/mol. The van der Waals surface area contributed by atoms with E-state index in [0.717, 1.165) is 6.42 Å². The molecule has 28 heavy (non-hydrogen) atoms. The van der Waals surface area contributed by atoms with Crippen molar-refractivity contribution in [3.8, 4) is 0 Å². The van der Waals surface area contributed by atoms with Gasteiger partial charge < -0.3 is 4.98 Å². The van der Waals surface area contributed by atoms with E-state index in [4.69, 9.17) is 0 Å². The summed E-state index contributed by atoms with van der Waals surface area (Å²) in [6.45, 7) is 16.1. The maximum Gasteiger partial charge on any atom is 0.0696 e. The lowest BCUT2D eigenvalue weighted by Crippen LogP contribution is -2.26. The maximum atomic E-state index is 4.47. The van der Waals surface area contributed by atoms with Crippen molar-refractivity contribution < 1.29 is 0 Å². The summed E-state index contributed by atoms with van der Waals surface area (Å²) in [6.07, 6.45) is 5.09. The second-order valence-corrected chi connectivity index (χ2v) is 8.73. The van der Waals surface area contributed by atoms with E-state index in [2.05, 4.69) is 88.0 Å². The van der Waals surface area contributed by atoms with Gasteiger partial charge in [-0.1, -0.05) is 33.8 Å². The third-order valence-electron chi connectivity index (χ3n) is 6.85. The van der Waals surface area contributed by atoms with E-state index in [1.165, 1.54) is 55.2 Å². The minimum atomic E-state index is -0.110. The lowest BCUT2D eigenvalue weighted by Gasteiger charge is -2.35. The Hall–Kier alpha value is -2.55. The van der Waals surface area contributed by atoms with Gasteiger partial charge in [0.05, 0.1) is 11.7 Å². The summed E-state index contributed by atoms with van der Waals surface area (Å²) in [5.74, 6) is 0.468. The number of fused-ring (bicyclic) bond motifs is 2. The Morgan fingerprint density at radius 3 is 2.43 bits per heavy atom. The average Bonchev–Trinajstić information content (AvgIpc) is 3.30. The van der Waals surface area contributed by atoms with Crippen molar-refractivity contribution in [2.24, 2.45) is 0 Å². The van der Waals surface area contributed by atoms with Gasteiger partial charge in [-0.25, -0.2) is 0 Å². The molecule has 0 aliphatic carbocycles. The molecule has 1 unspecified atom stereocenters. The Balaban J connectivity index is 2.15. The molecule has 2 heterocycles. The summed E-state index contributed by atoms with van der Waals surface area (Å²) in [4.78, 5) is 3.40. The van der Waals surface area contributed by atoms with Crippen LogP contribution in [-0.4, -0.2) is 15.2 Å². The fourth-order valence-electron chi connectivity index (χ4n) is 5.35. The molecule has 2 N–H and O–H groups in total. The van der Waals surface area contributed by atoms with Gasteiger partial charge in [0.1, 0.15) is 0 Å². The van der Waals surface area contributed by atoms with Crippen molar-refractivity contribution in [3.63, 3.8) is 0 Å². The van der Waals surface area contributed by atoms with Crippen molar-refractivity contribution >= 4 is 21.8 Å². The summed E-state index contributed by atoms with van der Waals surface area (Å²) in [6, 6.07) is 6.66. The number of aromatic nitrogens is 3. The first kappa shape index (κ1) is 18.8. The molecule has 0 saturated heterocycles. The van der Waals surface area contributed by atoms with Crippen LogP contribution >= 0.6 is 0 Å². The number of nitrogens with one attached hydrogen (secondary N) is 2. The third-order valence-corrected chi connectivity index (χ3v) is 6.85. The van der Waals surface area contributed by atoms with Gasteiger partial charge in [0.15, 0.2) is 0 Å². The zero-order valence-electron chi connectivity index (χ0n) is 18.1. The van der Waals surface area contributed by atoms with Crippen LogP contribution < -0.4 is 0 Å². The molecule has 0 aliphatic heterocycles. The number of aryl methyl sites for hydroxylation is 1. The van der Waals surface area contributed by atoms with Crippen LogP contribution in [0.1, 0.15) is 73.4 Å². The highest BCUT2D eigenvalue weighted by Crippen LogP contribution is 2.46. The van der Waals surface area contributed by atoms with Crippen LogP contribution in [0.2, 0.25) is 0 Å². The molecule has 1 atom stereocenters. The van der Waals surface area contributed by atoms with Gasteiger partial charge in [-0.15, -0.1) is 0 Å². The Labute approximate surface area is 167 Å². The van der Waals surface area contributed by atoms with Crippen molar-refractivity contribution in [2.45, 2.75) is 66.2 Å². The van der Waals surface area contributed by atoms with E-state index in [9.17, 15) is 0 Å². The molecule has 4 rings (SSSR count). The zero-order valence-corrected chi connectivity index (χ0v) is 18.1. The van der Waals surface area contributed by atoms with E-state index < -0.39 is 0 Å². The highest BCUT2D eigenvalue weighted by atomic mass is 15.1. The van der Waals surface area contributed by atoms with Crippen LogP contribution in [0.25, 0.3) is 21.8 Å². The molecular weight excluding hydrogens is 342 g/mol. The van der Waals surface area contributed by atoms with Crippen LogP contribution in [0.5, 0.6) is 0 Å². The van der Waals surface area contributed by atoms with Crippen molar-refractivity contribution in [2.75, 3.05) is 0 Å². The number of benzene rings is 2. The monoisotopic (exact) mass is 373 g/mol. The number of aromatic amines is 2. The Morgan fingerprint density at radius 1 is 1.00 bits per heavy atom. The maximum absolute atomic E-state index is 4.47. The number of nitrogens with zero attached hydrogens (tertiary/aromatic N) is 1. The number of hydrogen-bond donors (Lipinski definition) is 2. The summed E-state index contributed by atoms with van der Waals surface area (Å²) in [5.41, 5.74) is 10.6. The molecule has 0 spiro atoms. The van der Waals surface area contributed by atoms with Crippen LogP contribution in [0.3, 0.4) is 0 Å². The molecule has 146 valence electrons. The van der Waals surface area contributed by atoms with E-state index in [0.29, 0.717) is 5.92 Å². The van der Waals surface area contributed by atoms with E-state index in [-0.39, 0.29) is 5.41 Å². The number of hydrogen-bond acceptors (Lipinski definition) is 1. The fourth-order valence-corrected chi connectivity index (χ4v) is 5.35. The van der Waals surface area contributed by atoms with Gasteiger partial charge in [-0.2, -0.15) is 5.10 Å². The number of rotatable bonds is 4. The minimum Gasteiger partial charge on any atom is -0.361 e. The molecule has 0 fully saturated rings. The lowest BCUT2D eigenvalue weighted by atomic mass is 9.68. The second kappa shape index (κ2) is 6.51. The zero-order chi connectivity index (χ0) is 20.2. The largest absolute Gasteiger partial charge is 0.361 e. The molecule has 0 aliphatic rings. The first-order chi connectivity index (χ1) is 13.3. The van der Waals surface area contributed by atoms with Crippen LogP contribution in [0, 0.1) is 20.8 Å². The van der Waals surface area contributed by atoms with Gasteiger partial charge in [0, 0.05) is 27.9 Å². The van der Waals surface area contributed by atoms with Crippen molar-refractivity contribution in [3.05, 3.63) is 64.0 Å². The van der Waals surface area contributed by atoms with E-state index in [1.54, 1.807) is 0 Å².